The second-order valence-corrected chi connectivity index (χ2v) is 3.64. The van der Waals surface area contributed by atoms with Crippen LogP contribution in [0.15, 0.2) is 0 Å². The molecule has 0 aromatic carbocycles. The van der Waals surface area contributed by atoms with Crippen molar-refractivity contribution in [3.63, 3.8) is 0 Å². The number of β-amino-alcohol motifs (C(OH)–C–C–N with tert-alkyl or cyclic N) is 1. The van der Waals surface area contributed by atoms with E-state index >= 15 is 0 Å². The van der Waals surface area contributed by atoms with E-state index in [1.807, 2.05) is 0 Å². The molecule has 0 spiro atoms. The third-order valence-corrected chi connectivity index (χ3v) is 2.36. The summed E-state index contributed by atoms with van der Waals surface area (Å²) in [6.45, 7) is 1.26. The van der Waals surface area contributed by atoms with Crippen LogP contribution in [0.4, 0.5) is 0 Å². The number of carbonyl (C=O) groups is 1. The molecular formula is C9H18N2O3. The summed E-state index contributed by atoms with van der Waals surface area (Å²) in [4.78, 5) is 13.1. The van der Waals surface area contributed by atoms with Gasteiger partial charge in [0.05, 0.1) is 18.8 Å². The number of amides is 1. The lowest BCUT2D eigenvalue weighted by Gasteiger charge is -2.31. The number of aliphatic hydroxyl groups excluding tert-OH is 1. The van der Waals surface area contributed by atoms with Gasteiger partial charge in [-0.1, -0.05) is 0 Å². The molecule has 1 aliphatic rings. The molecule has 14 heavy (non-hydrogen) atoms. The van der Waals surface area contributed by atoms with Gasteiger partial charge in [-0.25, -0.2) is 0 Å². The van der Waals surface area contributed by atoms with Crippen molar-refractivity contribution < 1.29 is 14.6 Å². The van der Waals surface area contributed by atoms with E-state index < -0.39 is 12.1 Å². The number of nitrogens with two attached hydrogens (primary N) is 1. The lowest BCUT2D eigenvalue weighted by atomic mass is 10.1. The van der Waals surface area contributed by atoms with Crippen LogP contribution in [0, 0.1) is 0 Å². The molecule has 0 aromatic heterocycles. The molecule has 0 saturated carbocycles. The molecule has 3 N–H and O–H groups in total. The number of likely N-dealkylation sites (tertiary alicyclic amines) is 1. The van der Waals surface area contributed by atoms with E-state index in [1.54, 1.807) is 4.90 Å². The molecule has 82 valence electrons. The quantitative estimate of drug-likeness (QED) is 0.609. The van der Waals surface area contributed by atoms with Crippen molar-refractivity contribution in [3.05, 3.63) is 0 Å². The number of hydrogen-bond donors (Lipinski definition) is 2. The maximum atomic E-state index is 11.5. The molecule has 0 aromatic rings. The Hall–Kier alpha value is -0.650. The number of hydrogen-bond acceptors (Lipinski definition) is 4. The summed E-state index contributed by atoms with van der Waals surface area (Å²) >= 11 is 0. The highest BCUT2D eigenvalue weighted by Crippen LogP contribution is 2.10. The Morgan fingerprint density at radius 2 is 2.50 bits per heavy atom. The Morgan fingerprint density at radius 3 is 3.14 bits per heavy atom. The van der Waals surface area contributed by atoms with Crippen LogP contribution in [0.1, 0.15) is 12.8 Å². The Morgan fingerprint density at radius 1 is 1.79 bits per heavy atom. The summed E-state index contributed by atoms with van der Waals surface area (Å²) in [6.07, 6.45) is 1.04. The van der Waals surface area contributed by atoms with Crippen molar-refractivity contribution in [2.24, 2.45) is 5.73 Å². The van der Waals surface area contributed by atoms with Crippen molar-refractivity contribution in [2.45, 2.75) is 25.0 Å². The largest absolute Gasteiger partial charge is 0.389 e. The average Bonchev–Trinajstić information content (AvgIpc) is 2.13. The molecule has 2 unspecified atom stereocenters. The fraction of sp³-hybridized carbons (Fsp3) is 0.889. The van der Waals surface area contributed by atoms with Crippen molar-refractivity contribution in [1.82, 2.24) is 4.90 Å². The summed E-state index contributed by atoms with van der Waals surface area (Å²) in [7, 11) is 1.52. The summed E-state index contributed by atoms with van der Waals surface area (Å²) in [5, 5.41) is 9.45. The minimum atomic E-state index is -0.616. The molecule has 0 bridgehead atoms. The van der Waals surface area contributed by atoms with Gasteiger partial charge >= 0.3 is 0 Å². The van der Waals surface area contributed by atoms with Crippen LogP contribution < -0.4 is 5.73 Å². The standard InChI is InChI=1S/C9H18N2O3/c1-14-6-7(12)5-11-4-2-3-8(10)9(11)13/h7-8,12H,2-6,10H2,1H3. The van der Waals surface area contributed by atoms with Gasteiger partial charge in [-0.3, -0.25) is 4.79 Å². The molecule has 1 aliphatic heterocycles. The highest BCUT2D eigenvalue weighted by atomic mass is 16.5. The Kier molecular flexibility index (Phi) is 4.31. The van der Waals surface area contributed by atoms with Gasteiger partial charge in [0.2, 0.25) is 5.91 Å². The topological polar surface area (TPSA) is 75.8 Å². The average molecular weight is 202 g/mol. The number of aliphatic hydroxyl groups is 1. The number of nitrogens with zero attached hydrogens (tertiary/aromatic N) is 1. The van der Waals surface area contributed by atoms with Crippen LogP contribution in [0.2, 0.25) is 0 Å². The van der Waals surface area contributed by atoms with Crippen LogP contribution in [-0.4, -0.2) is 54.9 Å². The molecule has 1 heterocycles. The molecule has 0 aliphatic carbocycles. The van der Waals surface area contributed by atoms with Crippen LogP contribution >= 0.6 is 0 Å². The Labute approximate surface area is 83.8 Å². The van der Waals surface area contributed by atoms with E-state index in [9.17, 15) is 9.90 Å². The molecule has 1 saturated heterocycles. The van der Waals surface area contributed by atoms with Gasteiger partial charge in [-0.15, -0.1) is 0 Å². The fourth-order valence-corrected chi connectivity index (χ4v) is 1.65. The lowest BCUT2D eigenvalue weighted by molar-refractivity contribution is -0.136. The number of piperidine rings is 1. The zero-order valence-electron chi connectivity index (χ0n) is 8.48. The van der Waals surface area contributed by atoms with Crippen molar-refractivity contribution >= 4 is 5.91 Å². The van der Waals surface area contributed by atoms with Crippen molar-refractivity contribution in [3.8, 4) is 0 Å². The smallest absolute Gasteiger partial charge is 0.239 e. The van der Waals surface area contributed by atoms with Gasteiger partial charge < -0.3 is 20.5 Å². The first-order chi connectivity index (χ1) is 6.65. The number of ether oxygens (including phenoxy) is 1. The lowest BCUT2D eigenvalue weighted by Crippen LogP contribution is -2.51. The van der Waals surface area contributed by atoms with Gasteiger partial charge in [0.25, 0.3) is 0 Å². The molecule has 0 radical (unpaired) electrons. The zero-order valence-corrected chi connectivity index (χ0v) is 8.48. The van der Waals surface area contributed by atoms with Crippen LogP contribution in [0.25, 0.3) is 0 Å². The second kappa shape index (κ2) is 5.29. The fourth-order valence-electron chi connectivity index (χ4n) is 1.65. The minimum absolute atomic E-state index is 0.0635. The SMILES string of the molecule is COCC(O)CN1CCCC(N)C1=O. The molecule has 5 nitrogen and oxygen atoms in total. The van der Waals surface area contributed by atoms with E-state index in [-0.39, 0.29) is 12.5 Å². The van der Waals surface area contributed by atoms with Crippen LogP contribution in [0.3, 0.4) is 0 Å². The van der Waals surface area contributed by atoms with Gasteiger partial charge in [0.1, 0.15) is 0 Å². The molecular weight excluding hydrogens is 184 g/mol. The molecule has 1 amide bonds. The van der Waals surface area contributed by atoms with Gasteiger partial charge in [-0.2, -0.15) is 0 Å². The molecule has 1 fully saturated rings. The van der Waals surface area contributed by atoms with E-state index in [0.29, 0.717) is 13.1 Å². The highest BCUT2D eigenvalue weighted by molar-refractivity contribution is 5.82. The van der Waals surface area contributed by atoms with E-state index in [2.05, 4.69) is 0 Å². The minimum Gasteiger partial charge on any atom is -0.389 e. The first-order valence-corrected chi connectivity index (χ1v) is 4.86. The highest BCUT2D eigenvalue weighted by Gasteiger charge is 2.26. The van der Waals surface area contributed by atoms with E-state index in [1.165, 1.54) is 7.11 Å². The maximum absolute atomic E-state index is 11.5. The number of carbonyl (C=O) groups excluding carboxylic acids is 1. The summed E-state index contributed by atoms with van der Waals surface area (Å²) in [6, 6.07) is -0.390. The first-order valence-electron chi connectivity index (χ1n) is 4.86. The van der Waals surface area contributed by atoms with Crippen LogP contribution in [0.5, 0.6) is 0 Å². The summed E-state index contributed by atoms with van der Waals surface area (Å²) in [5.74, 6) is -0.0635. The van der Waals surface area contributed by atoms with Gasteiger partial charge in [0.15, 0.2) is 0 Å². The molecule has 1 rings (SSSR count). The molecule has 2 atom stereocenters. The predicted octanol–water partition coefficient (Wildman–Crippen LogP) is -1.06. The third kappa shape index (κ3) is 2.94. The normalized spacial score (nSPS) is 25.2. The monoisotopic (exact) mass is 202 g/mol. The second-order valence-electron chi connectivity index (χ2n) is 3.64. The van der Waals surface area contributed by atoms with E-state index in [0.717, 1.165) is 12.8 Å². The Balaban J connectivity index is 2.39. The van der Waals surface area contributed by atoms with Crippen molar-refractivity contribution in [2.75, 3.05) is 26.8 Å². The number of rotatable bonds is 4. The summed E-state index contributed by atoms with van der Waals surface area (Å²) in [5.41, 5.74) is 5.61. The maximum Gasteiger partial charge on any atom is 0.239 e. The van der Waals surface area contributed by atoms with Crippen molar-refractivity contribution in [1.29, 1.82) is 0 Å². The van der Waals surface area contributed by atoms with E-state index in [4.69, 9.17) is 10.5 Å². The predicted molar refractivity (Wildman–Crippen MR) is 51.7 cm³/mol. The van der Waals surface area contributed by atoms with Gasteiger partial charge in [-0.05, 0) is 12.8 Å². The molecule has 5 heteroatoms. The number of methoxy groups -OCH3 is 1. The third-order valence-electron chi connectivity index (χ3n) is 2.36. The van der Waals surface area contributed by atoms with Gasteiger partial charge in [0, 0.05) is 20.2 Å². The zero-order chi connectivity index (χ0) is 10.6. The summed E-state index contributed by atoms with van der Waals surface area (Å²) < 4.78 is 4.79. The Bertz CT molecular complexity index is 198. The van der Waals surface area contributed by atoms with Crippen LogP contribution in [-0.2, 0) is 9.53 Å². The first kappa shape index (κ1) is 11.4.